The molecule has 0 saturated carbocycles. The smallest absolute Gasteiger partial charge is 0.262 e. The number of hydrogen-bond donors (Lipinski definition) is 2. The highest BCUT2D eigenvalue weighted by atomic mass is 16.5. The van der Waals surface area contributed by atoms with Crippen molar-refractivity contribution in [3.63, 3.8) is 0 Å². The Morgan fingerprint density at radius 1 is 1.00 bits per heavy atom. The Balaban J connectivity index is 1.42. The van der Waals surface area contributed by atoms with E-state index in [9.17, 15) is 4.79 Å². The normalized spacial score (nSPS) is 10.2. The number of pyridine rings is 1. The second-order valence-corrected chi connectivity index (χ2v) is 6.11. The molecular formula is C22H23N3O3. The Bertz CT molecular complexity index is 883. The lowest BCUT2D eigenvalue weighted by Crippen LogP contribution is -2.20. The van der Waals surface area contributed by atoms with E-state index < -0.39 is 0 Å². The van der Waals surface area contributed by atoms with Crippen molar-refractivity contribution < 1.29 is 14.3 Å². The molecular weight excluding hydrogens is 354 g/mol. The Labute approximate surface area is 164 Å². The van der Waals surface area contributed by atoms with Gasteiger partial charge in [0.2, 0.25) is 0 Å². The lowest BCUT2D eigenvalue weighted by atomic mass is 10.1. The van der Waals surface area contributed by atoms with Crippen molar-refractivity contribution in [2.24, 2.45) is 0 Å². The summed E-state index contributed by atoms with van der Waals surface area (Å²) in [6, 6.07) is 20.8. The molecule has 0 radical (unpaired) electrons. The Kier molecular flexibility index (Phi) is 6.84. The first-order valence-electron chi connectivity index (χ1n) is 9.03. The van der Waals surface area contributed by atoms with Crippen LogP contribution in [0.4, 0.5) is 11.5 Å². The molecule has 0 bridgehead atoms. The minimum absolute atomic E-state index is 0.0510. The molecule has 0 aliphatic heterocycles. The van der Waals surface area contributed by atoms with Gasteiger partial charge in [-0.15, -0.1) is 0 Å². The third-order valence-corrected chi connectivity index (χ3v) is 4.01. The fourth-order valence-corrected chi connectivity index (χ4v) is 2.60. The van der Waals surface area contributed by atoms with Crippen LogP contribution in [-0.2, 0) is 11.2 Å². The van der Waals surface area contributed by atoms with Crippen molar-refractivity contribution in [2.45, 2.75) is 6.42 Å². The number of anilines is 2. The number of carbonyl (C=O) groups excluding carboxylic acids is 1. The molecule has 0 aliphatic rings. The van der Waals surface area contributed by atoms with E-state index in [1.165, 1.54) is 5.56 Å². The van der Waals surface area contributed by atoms with Gasteiger partial charge in [0.15, 0.2) is 6.61 Å². The molecule has 3 rings (SSSR count). The van der Waals surface area contributed by atoms with Crippen LogP contribution in [0.5, 0.6) is 11.5 Å². The van der Waals surface area contributed by atoms with E-state index in [0.717, 1.165) is 24.5 Å². The summed E-state index contributed by atoms with van der Waals surface area (Å²) in [7, 11) is 1.66. The number of benzene rings is 2. The van der Waals surface area contributed by atoms with E-state index in [2.05, 4.69) is 21.7 Å². The Morgan fingerprint density at radius 3 is 2.57 bits per heavy atom. The van der Waals surface area contributed by atoms with Gasteiger partial charge in [0.25, 0.3) is 5.91 Å². The molecule has 2 aromatic carbocycles. The second-order valence-electron chi connectivity index (χ2n) is 6.11. The average molecular weight is 377 g/mol. The fourth-order valence-electron chi connectivity index (χ4n) is 2.60. The summed E-state index contributed by atoms with van der Waals surface area (Å²) in [5.41, 5.74) is 1.81. The highest BCUT2D eigenvalue weighted by Crippen LogP contribution is 2.14. The first kappa shape index (κ1) is 19.2. The second kappa shape index (κ2) is 9.97. The summed E-state index contributed by atoms with van der Waals surface area (Å²) in [6.07, 6.45) is 2.47. The molecule has 0 atom stereocenters. The van der Waals surface area contributed by atoms with Crippen LogP contribution in [-0.4, -0.2) is 31.2 Å². The fraction of sp³-hybridized carbons (Fsp3) is 0.182. The predicted octanol–water partition coefficient (Wildman–Crippen LogP) is 3.76. The number of nitrogens with zero attached hydrogens (tertiary/aromatic N) is 1. The van der Waals surface area contributed by atoms with E-state index >= 15 is 0 Å². The number of hydrogen-bond acceptors (Lipinski definition) is 5. The number of rotatable bonds is 9. The van der Waals surface area contributed by atoms with E-state index in [-0.39, 0.29) is 12.5 Å². The van der Waals surface area contributed by atoms with Gasteiger partial charge >= 0.3 is 0 Å². The Morgan fingerprint density at radius 2 is 1.82 bits per heavy atom. The van der Waals surface area contributed by atoms with Gasteiger partial charge in [0, 0.05) is 6.54 Å². The summed E-state index contributed by atoms with van der Waals surface area (Å²) < 4.78 is 10.7. The molecule has 1 aromatic heterocycles. The molecule has 2 N–H and O–H groups in total. The third-order valence-electron chi connectivity index (χ3n) is 4.01. The number of ether oxygens (including phenoxy) is 2. The van der Waals surface area contributed by atoms with Crippen LogP contribution in [0, 0.1) is 0 Å². The molecule has 6 heteroatoms. The molecule has 0 aliphatic carbocycles. The summed E-state index contributed by atoms with van der Waals surface area (Å²) in [4.78, 5) is 16.3. The first-order valence-corrected chi connectivity index (χ1v) is 9.03. The van der Waals surface area contributed by atoms with Gasteiger partial charge in [0.1, 0.15) is 17.3 Å². The SMILES string of the molecule is COc1cccc(CCNc2ccc(NC(=O)COc3ccccc3)cn2)c1. The Hall–Kier alpha value is -3.54. The zero-order valence-electron chi connectivity index (χ0n) is 15.7. The van der Waals surface area contributed by atoms with E-state index in [1.54, 1.807) is 31.5 Å². The molecule has 0 saturated heterocycles. The van der Waals surface area contributed by atoms with Gasteiger partial charge < -0.3 is 20.1 Å². The lowest BCUT2D eigenvalue weighted by molar-refractivity contribution is -0.118. The lowest BCUT2D eigenvalue weighted by Gasteiger charge is -2.09. The number of amides is 1. The standard InChI is InChI=1S/C22H23N3O3/c1-27-20-9-5-6-17(14-20)12-13-23-21-11-10-18(15-24-21)25-22(26)16-28-19-7-3-2-4-8-19/h2-11,14-15H,12-13,16H2,1H3,(H,23,24)(H,25,26). The average Bonchev–Trinajstić information content (AvgIpc) is 2.74. The molecule has 1 amide bonds. The quantitative estimate of drug-likeness (QED) is 0.594. The maximum Gasteiger partial charge on any atom is 0.262 e. The molecule has 28 heavy (non-hydrogen) atoms. The zero-order valence-corrected chi connectivity index (χ0v) is 15.7. The van der Waals surface area contributed by atoms with Gasteiger partial charge in [-0.05, 0) is 48.4 Å². The largest absolute Gasteiger partial charge is 0.497 e. The summed E-state index contributed by atoms with van der Waals surface area (Å²) in [6.45, 7) is 0.696. The van der Waals surface area contributed by atoms with Crippen molar-refractivity contribution in [1.82, 2.24) is 4.98 Å². The van der Waals surface area contributed by atoms with Crippen LogP contribution >= 0.6 is 0 Å². The number of aromatic nitrogens is 1. The van der Waals surface area contributed by atoms with Gasteiger partial charge in [0.05, 0.1) is 19.0 Å². The van der Waals surface area contributed by atoms with Crippen molar-refractivity contribution in [3.8, 4) is 11.5 Å². The molecule has 144 valence electrons. The highest BCUT2D eigenvalue weighted by molar-refractivity contribution is 5.91. The van der Waals surface area contributed by atoms with Gasteiger partial charge in [-0.25, -0.2) is 4.98 Å². The minimum atomic E-state index is -0.232. The first-order chi connectivity index (χ1) is 13.7. The number of nitrogens with one attached hydrogen (secondary N) is 2. The summed E-state index contributed by atoms with van der Waals surface area (Å²) in [5.74, 6) is 2.03. The van der Waals surface area contributed by atoms with Gasteiger partial charge in [-0.2, -0.15) is 0 Å². The maximum absolute atomic E-state index is 12.0. The van der Waals surface area contributed by atoms with Gasteiger partial charge in [-0.1, -0.05) is 30.3 Å². The van der Waals surface area contributed by atoms with Crippen molar-refractivity contribution in [2.75, 3.05) is 30.9 Å². The van der Waals surface area contributed by atoms with Crippen LogP contribution in [0.1, 0.15) is 5.56 Å². The number of methoxy groups -OCH3 is 1. The minimum Gasteiger partial charge on any atom is -0.497 e. The van der Waals surface area contributed by atoms with E-state index in [1.807, 2.05) is 42.5 Å². The monoisotopic (exact) mass is 377 g/mol. The third kappa shape index (κ3) is 6.02. The highest BCUT2D eigenvalue weighted by Gasteiger charge is 2.04. The molecule has 0 fully saturated rings. The zero-order chi connectivity index (χ0) is 19.6. The molecule has 0 spiro atoms. The molecule has 1 heterocycles. The van der Waals surface area contributed by atoms with Crippen LogP contribution < -0.4 is 20.1 Å². The van der Waals surface area contributed by atoms with Gasteiger partial charge in [-0.3, -0.25) is 4.79 Å². The topological polar surface area (TPSA) is 72.5 Å². The summed E-state index contributed by atoms with van der Waals surface area (Å²) >= 11 is 0. The van der Waals surface area contributed by atoms with Crippen LogP contribution in [0.15, 0.2) is 72.9 Å². The van der Waals surface area contributed by atoms with E-state index in [4.69, 9.17) is 9.47 Å². The van der Waals surface area contributed by atoms with Crippen molar-refractivity contribution in [1.29, 1.82) is 0 Å². The summed E-state index contributed by atoms with van der Waals surface area (Å²) in [5, 5.41) is 6.03. The molecule has 3 aromatic rings. The van der Waals surface area contributed by atoms with Crippen LogP contribution in [0.2, 0.25) is 0 Å². The molecule has 0 unspecified atom stereocenters. The maximum atomic E-state index is 12.0. The van der Waals surface area contributed by atoms with Crippen LogP contribution in [0.3, 0.4) is 0 Å². The number of para-hydroxylation sites is 1. The number of carbonyl (C=O) groups is 1. The molecule has 6 nitrogen and oxygen atoms in total. The van der Waals surface area contributed by atoms with Crippen molar-refractivity contribution in [3.05, 3.63) is 78.5 Å². The van der Waals surface area contributed by atoms with E-state index in [0.29, 0.717) is 11.4 Å². The van der Waals surface area contributed by atoms with Crippen LogP contribution in [0.25, 0.3) is 0 Å². The predicted molar refractivity (Wildman–Crippen MR) is 110 cm³/mol. The van der Waals surface area contributed by atoms with Crippen molar-refractivity contribution >= 4 is 17.4 Å².